The fourth-order valence-electron chi connectivity index (χ4n) is 3.05. The molecule has 1 aliphatic rings. The third-order valence-electron chi connectivity index (χ3n) is 4.54. The topological polar surface area (TPSA) is 58.6 Å². The van der Waals surface area contributed by atoms with E-state index in [1.165, 1.54) is 18.4 Å². The zero-order chi connectivity index (χ0) is 18.8. The van der Waals surface area contributed by atoms with Gasteiger partial charge < -0.3 is 10.1 Å². The van der Waals surface area contributed by atoms with E-state index in [0.29, 0.717) is 27.2 Å². The number of thiophene rings is 1. The molecule has 5 nitrogen and oxygen atoms in total. The van der Waals surface area contributed by atoms with Gasteiger partial charge in [0.2, 0.25) is 0 Å². The van der Waals surface area contributed by atoms with Crippen molar-refractivity contribution in [3.63, 3.8) is 0 Å². The molecular formula is C19H21ClN2O3S. The molecule has 1 amide bonds. The second-order valence-electron chi connectivity index (χ2n) is 6.47. The minimum Gasteiger partial charge on any atom is -0.465 e. The van der Waals surface area contributed by atoms with Gasteiger partial charge in [-0.25, -0.2) is 4.79 Å². The number of hydrogen-bond donors (Lipinski definition) is 1. The maximum absolute atomic E-state index is 12.6. The van der Waals surface area contributed by atoms with E-state index in [1.54, 1.807) is 24.3 Å². The predicted molar refractivity (Wildman–Crippen MR) is 104 cm³/mol. The maximum atomic E-state index is 12.6. The van der Waals surface area contributed by atoms with Crippen molar-refractivity contribution in [3.8, 4) is 0 Å². The Labute approximate surface area is 161 Å². The third-order valence-corrected chi connectivity index (χ3v) is 5.92. The number of anilines is 1. The number of benzene rings is 1. The summed E-state index contributed by atoms with van der Waals surface area (Å²) in [6.45, 7) is 5.97. The van der Waals surface area contributed by atoms with Gasteiger partial charge in [-0.05, 0) is 50.1 Å². The Bertz CT molecular complexity index is 830. The van der Waals surface area contributed by atoms with Crippen LogP contribution in [0, 0.1) is 0 Å². The van der Waals surface area contributed by atoms with Crippen LogP contribution in [0.3, 0.4) is 0 Å². The number of nitrogens with one attached hydrogen (secondary N) is 1. The van der Waals surface area contributed by atoms with Crippen LogP contribution >= 0.6 is 22.9 Å². The number of esters is 1. The van der Waals surface area contributed by atoms with Crippen molar-refractivity contribution in [3.05, 3.63) is 50.9 Å². The molecule has 0 atom stereocenters. The van der Waals surface area contributed by atoms with Crippen molar-refractivity contribution in [1.29, 1.82) is 0 Å². The van der Waals surface area contributed by atoms with Gasteiger partial charge >= 0.3 is 5.97 Å². The molecule has 0 spiro atoms. The molecule has 0 unspecified atom stereocenters. The number of hydrogen-bond acceptors (Lipinski definition) is 5. The number of carbonyl (C=O) groups is 2. The van der Waals surface area contributed by atoms with Crippen molar-refractivity contribution < 1.29 is 14.3 Å². The van der Waals surface area contributed by atoms with Crippen LogP contribution in [0.1, 0.15) is 45.0 Å². The van der Waals surface area contributed by atoms with Crippen molar-refractivity contribution >= 4 is 39.8 Å². The second-order valence-corrected chi connectivity index (χ2v) is 8.02. The first-order valence-electron chi connectivity index (χ1n) is 8.44. The van der Waals surface area contributed by atoms with E-state index in [2.05, 4.69) is 24.1 Å². The summed E-state index contributed by atoms with van der Waals surface area (Å²) in [4.78, 5) is 28.4. The summed E-state index contributed by atoms with van der Waals surface area (Å²) in [5, 5.41) is 4.00. The van der Waals surface area contributed by atoms with Crippen LogP contribution in [0.5, 0.6) is 0 Å². The molecule has 2 heterocycles. The molecule has 3 rings (SSSR count). The summed E-state index contributed by atoms with van der Waals surface area (Å²) in [6.07, 6.45) is 0.769. The van der Waals surface area contributed by atoms with Gasteiger partial charge in [0.05, 0.1) is 12.7 Å². The number of fused-ring (bicyclic) bond motifs is 1. The van der Waals surface area contributed by atoms with Crippen molar-refractivity contribution in [2.75, 3.05) is 19.0 Å². The molecule has 1 aromatic carbocycles. The lowest BCUT2D eigenvalue weighted by atomic mass is 10.0. The number of methoxy groups -OCH3 is 1. The van der Waals surface area contributed by atoms with Crippen LogP contribution in [0.4, 0.5) is 5.00 Å². The summed E-state index contributed by atoms with van der Waals surface area (Å²) in [5.74, 6) is -0.682. The van der Waals surface area contributed by atoms with Crippen LogP contribution in [0.15, 0.2) is 24.3 Å². The van der Waals surface area contributed by atoms with Gasteiger partial charge in [0.15, 0.2) is 0 Å². The number of rotatable bonds is 4. The minimum absolute atomic E-state index is 0.272. The van der Waals surface area contributed by atoms with Crippen LogP contribution in [-0.4, -0.2) is 36.5 Å². The Morgan fingerprint density at radius 1 is 1.27 bits per heavy atom. The quantitative estimate of drug-likeness (QED) is 0.792. The van der Waals surface area contributed by atoms with E-state index in [4.69, 9.17) is 16.3 Å². The summed E-state index contributed by atoms with van der Waals surface area (Å²) in [5.41, 5.74) is 1.96. The highest BCUT2D eigenvalue weighted by Gasteiger charge is 2.30. The van der Waals surface area contributed by atoms with Gasteiger partial charge in [-0.2, -0.15) is 0 Å². The van der Waals surface area contributed by atoms with Gasteiger partial charge in [0.25, 0.3) is 5.91 Å². The molecule has 26 heavy (non-hydrogen) atoms. The Morgan fingerprint density at radius 3 is 2.58 bits per heavy atom. The van der Waals surface area contributed by atoms with Gasteiger partial charge in [0.1, 0.15) is 5.00 Å². The summed E-state index contributed by atoms with van der Waals surface area (Å²) in [7, 11) is 1.36. The molecule has 0 saturated carbocycles. The smallest absolute Gasteiger partial charge is 0.341 e. The number of halogens is 1. The number of carbonyl (C=O) groups excluding carboxylic acids is 2. The second kappa shape index (κ2) is 7.78. The molecule has 2 aromatic rings. The SMILES string of the molecule is COC(=O)c1c(NC(=O)c2ccc(Cl)cc2)sc2c1CCN(C(C)C)C2. The van der Waals surface area contributed by atoms with Crippen molar-refractivity contribution in [1.82, 2.24) is 4.90 Å². The molecule has 1 N–H and O–H groups in total. The van der Waals surface area contributed by atoms with Crippen LogP contribution in [0.25, 0.3) is 0 Å². The Morgan fingerprint density at radius 2 is 1.96 bits per heavy atom. The molecule has 138 valence electrons. The molecule has 0 aliphatic carbocycles. The molecule has 0 fully saturated rings. The standard InChI is InChI=1S/C19H21ClN2O3S/c1-11(2)22-9-8-14-15(10-22)26-18(16(14)19(24)25-3)21-17(23)12-4-6-13(20)7-5-12/h4-7,11H,8-10H2,1-3H3,(H,21,23). The van der Waals surface area contributed by atoms with Crippen LogP contribution in [-0.2, 0) is 17.7 Å². The highest BCUT2D eigenvalue weighted by molar-refractivity contribution is 7.17. The first-order valence-corrected chi connectivity index (χ1v) is 9.64. The maximum Gasteiger partial charge on any atom is 0.341 e. The Hall–Kier alpha value is -1.89. The fourth-order valence-corrected chi connectivity index (χ4v) is 4.43. The normalized spacial score (nSPS) is 14.2. The monoisotopic (exact) mass is 392 g/mol. The van der Waals surface area contributed by atoms with Crippen LogP contribution in [0.2, 0.25) is 5.02 Å². The third kappa shape index (κ3) is 3.77. The van der Waals surface area contributed by atoms with Crippen LogP contribution < -0.4 is 5.32 Å². The molecule has 0 saturated heterocycles. The number of amides is 1. The lowest BCUT2D eigenvalue weighted by Crippen LogP contribution is -2.35. The van der Waals surface area contributed by atoms with E-state index in [-0.39, 0.29) is 5.91 Å². The lowest BCUT2D eigenvalue weighted by molar-refractivity contribution is 0.0600. The van der Waals surface area contributed by atoms with Gasteiger partial charge in [-0.1, -0.05) is 11.6 Å². The zero-order valence-corrected chi connectivity index (χ0v) is 16.5. The molecule has 7 heteroatoms. The Kier molecular flexibility index (Phi) is 5.65. The van der Waals surface area contributed by atoms with Gasteiger partial charge in [-0.3, -0.25) is 9.69 Å². The highest BCUT2D eigenvalue weighted by atomic mass is 35.5. The lowest BCUT2D eigenvalue weighted by Gasteiger charge is -2.30. The number of ether oxygens (including phenoxy) is 1. The minimum atomic E-state index is -0.410. The van der Waals surface area contributed by atoms with Gasteiger partial charge in [-0.15, -0.1) is 11.3 Å². The first kappa shape index (κ1) is 18.9. The first-order chi connectivity index (χ1) is 12.4. The molecular weight excluding hydrogens is 372 g/mol. The molecule has 0 radical (unpaired) electrons. The fraction of sp³-hybridized carbons (Fsp3) is 0.368. The van der Waals surface area contributed by atoms with E-state index >= 15 is 0 Å². The van der Waals surface area contributed by atoms with Crippen molar-refractivity contribution in [2.45, 2.75) is 32.9 Å². The van der Waals surface area contributed by atoms with E-state index < -0.39 is 5.97 Å². The van der Waals surface area contributed by atoms with E-state index in [9.17, 15) is 9.59 Å². The zero-order valence-electron chi connectivity index (χ0n) is 15.0. The molecule has 1 aliphatic heterocycles. The molecule has 0 bridgehead atoms. The summed E-state index contributed by atoms with van der Waals surface area (Å²) in [6, 6.07) is 7.07. The largest absolute Gasteiger partial charge is 0.465 e. The molecule has 1 aromatic heterocycles. The Balaban J connectivity index is 1.92. The van der Waals surface area contributed by atoms with Crippen molar-refractivity contribution in [2.24, 2.45) is 0 Å². The van der Waals surface area contributed by atoms with Gasteiger partial charge in [0, 0.05) is 34.6 Å². The number of nitrogens with zero attached hydrogens (tertiary/aromatic N) is 1. The average Bonchev–Trinajstić information content (AvgIpc) is 2.98. The summed E-state index contributed by atoms with van der Waals surface area (Å²) >= 11 is 7.33. The van der Waals surface area contributed by atoms with E-state index in [0.717, 1.165) is 30.0 Å². The highest BCUT2D eigenvalue weighted by Crippen LogP contribution is 2.38. The van der Waals surface area contributed by atoms with E-state index in [1.807, 2.05) is 0 Å². The summed E-state index contributed by atoms with van der Waals surface area (Å²) < 4.78 is 4.96. The average molecular weight is 393 g/mol. The predicted octanol–water partition coefficient (Wildman–Crippen LogP) is 4.21.